The number of ether oxygens (including phenoxy) is 3. The first-order valence-electron chi connectivity index (χ1n) is 8.56. The lowest BCUT2D eigenvalue weighted by atomic mass is 9.52. The number of carbonyl (C=O) groups is 2. The number of hydrogen-bond acceptors (Lipinski definition) is 6. The second-order valence-electron chi connectivity index (χ2n) is 9.08. The van der Waals surface area contributed by atoms with Crippen molar-refractivity contribution >= 4 is 35.1 Å². The molecule has 5 aliphatic rings. The normalized spacial score (nSPS) is 58.8. The van der Waals surface area contributed by atoms with Crippen LogP contribution in [0.5, 0.6) is 0 Å². The van der Waals surface area contributed by atoms with Gasteiger partial charge in [-0.2, -0.15) is 0 Å². The maximum absolute atomic E-state index is 12.9. The molecule has 2 spiro atoms. The Balaban J connectivity index is 1.89. The molecule has 6 nitrogen and oxygen atoms in total. The van der Waals surface area contributed by atoms with Gasteiger partial charge >= 0.3 is 11.9 Å². The van der Waals surface area contributed by atoms with Crippen molar-refractivity contribution in [1.82, 2.24) is 0 Å². The molecule has 25 heavy (non-hydrogen) atoms. The number of alkyl halides is 2. The van der Waals surface area contributed by atoms with E-state index in [-0.39, 0.29) is 13.0 Å². The van der Waals surface area contributed by atoms with E-state index >= 15 is 0 Å². The maximum Gasteiger partial charge on any atom is 0.339 e. The van der Waals surface area contributed by atoms with E-state index in [1.165, 1.54) is 0 Å². The van der Waals surface area contributed by atoms with Crippen LogP contribution in [0.3, 0.4) is 0 Å². The number of hydrogen-bond donors (Lipinski definition) is 1. The molecule has 3 aliphatic heterocycles. The lowest BCUT2D eigenvalue weighted by molar-refractivity contribution is -0.200. The molecular weight excluding hydrogens is 371 g/mol. The quantitative estimate of drug-likeness (QED) is 0.496. The fourth-order valence-electron chi connectivity index (χ4n) is 6.89. The van der Waals surface area contributed by atoms with Gasteiger partial charge in [0.05, 0.1) is 27.2 Å². The molecule has 2 saturated carbocycles. The minimum absolute atomic E-state index is 0.0496. The highest BCUT2D eigenvalue weighted by atomic mass is 35.5. The van der Waals surface area contributed by atoms with E-state index in [2.05, 4.69) is 0 Å². The predicted molar refractivity (Wildman–Crippen MR) is 86.2 cm³/mol. The Morgan fingerprint density at radius 3 is 2.44 bits per heavy atom. The molecule has 8 atom stereocenters. The van der Waals surface area contributed by atoms with Gasteiger partial charge in [-0.15, -0.1) is 23.2 Å². The zero-order chi connectivity index (χ0) is 18.2. The molecule has 5 fully saturated rings. The molecule has 0 amide bonds. The Labute approximate surface area is 155 Å². The third kappa shape index (κ3) is 1.23. The van der Waals surface area contributed by atoms with Crippen molar-refractivity contribution in [3.05, 3.63) is 0 Å². The highest BCUT2D eigenvalue weighted by Gasteiger charge is 2.99. The van der Waals surface area contributed by atoms with Crippen molar-refractivity contribution in [2.45, 2.75) is 67.8 Å². The van der Waals surface area contributed by atoms with Gasteiger partial charge < -0.3 is 19.3 Å². The average Bonchev–Trinajstić information content (AvgIpc) is 3.13. The molecule has 3 heterocycles. The number of rotatable bonds is 0. The van der Waals surface area contributed by atoms with E-state index in [0.29, 0.717) is 6.42 Å². The van der Waals surface area contributed by atoms with E-state index in [4.69, 9.17) is 37.4 Å². The van der Waals surface area contributed by atoms with E-state index in [0.717, 1.165) is 0 Å². The summed E-state index contributed by atoms with van der Waals surface area (Å²) < 4.78 is 17.6. The third-order valence-corrected chi connectivity index (χ3v) is 8.80. The molecule has 2 aliphatic carbocycles. The molecule has 2 bridgehead atoms. The van der Waals surface area contributed by atoms with Crippen LogP contribution in [-0.4, -0.2) is 57.8 Å². The van der Waals surface area contributed by atoms with Gasteiger partial charge in [0.1, 0.15) is 12.7 Å². The van der Waals surface area contributed by atoms with Gasteiger partial charge in [-0.05, 0) is 5.41 Å². The lowest BCUT2D eigenvalue weighted by Crippen LogP contribution is -2.62. The molecule has 5 rings (SSSR count). The molecule has 138 valence electrons. The van der Waals surface area contributed by atoms with Crippen molar-refractivity contribution in [3.63, 3.8) is 0 Å². The summed E-state index contributed by atoms with van der Waals surface area (Å²) in [5, 5.41) is 9.83. The molecule has 2 unspecified atom stereocenters. The van der Waals surface area contributed by atoms with Crippen molar-refractivity contribution in [2.75, 3.05) is 6.61 Å². The van der Waals surface area contributed by atoms with E-state index < -0.39 is 62.3 Å². The topological polar surface area (TPSA) is 82.1 Å². The Morgan fingerprint density at radius 1 is 1.20 bits per heavy atom. The van der Waals surface area contributed by atoms with Crippen molar-refractivity contribution in [1.29, 1.82) is 0 Å². The van der Waals surface area contributed by atoms with E-state index in [1.54, 1.807) is 0 Å². The summed E-state index contributed by atoms with van der Waals surface area (Å²) in [5.74, 6) is -1.19. The first kappa shape index (κ1) is 16.6. The van der Waals surface area contributed by atoms with Crippen LogP contribution < -0.4 is 0 Å². The third-order valence-electron chi connectivity index (χ3n) is 7.61. The maximum atomic E-state index is 12.9. The first-order chi connectivity index (χ1) is 11.5. The Bertz CT molecular complexity index is 720. The number of cyclic esters (lactones) is 1. The van der Waals surface area contributed by atoms with Crippen molar-refractivity contribution < 1.29 is 28.9 Å². The van der Waals surface area contributed by atoms with Crippen LogP contribution in [0.1, 0.15) is 33.6 Å². The summed E-state index contributed by atoms with van der Waals surface area (Å²) in [6.45, 7) is 5.89. The zero-order valence-electron chi connectivity index (χ0n) is 14.2. The number of halogens is 2. The smallest absolute Gasteiger partial charge is 0.339 e. The van der Waals surface area contributed by atoms with Crippen LogP contribution in [0.25, 0.3) is 0 Å². The summed E-state index contributed by atoms with van der Waals surface area (Å²) in [7, 11) is 0. The number of aliphatic hydroxyl groups is 1. The SMILES string of the molecule is CC(C)(C)[C@@]12C[C@H]3OC(=O)[C@@]4(C[C@@H](Cl)[C@H](Cl)C34C13COC(=O)[C@H]3O)O2. The molecule has 0 aromatic carbocycles. The van der Waals surface area contributed by atoms with Gasteiger partial charge in [0.2, 0.25) is 0 Å². The molecule has 8 heteroatoms. The second kappa shape index (κ2) is 4.13. The van der Waals surface area contributed by atoms with Crippen LogP contribution in [-0.2, 0) is 23.8 Å². The Hall–Kier alpha value is -0.560. The monoisotopic (exact) mass is 390 g/mol. The predicted octanol–water partition coefficient (Wildman–Crippen LogP) is 1.38. The summed E-state index contributed by atoms with van der Waals surface area (Å²) in [4.78, 5) is 25.2. The van der Waals surface area contributed by atoms with Crippen LogP contribution in [0.4, 0.5) is 0 Å². The fraction of sp³-hybridized carbons (Fsp3) is 0.882. The zero-order valence-corrected chi connectivity index (χ0v) is 15.7. The molecule has 0 aromatic heterocycles. The highest BCUT2D eigenvalue weighted by Crippen LogP contribution is 2.85. The number of aliphatic hydroxyl groups excluding tert-OH is 1. The second-order valence-corrected chi connectivity index (χ2v) is 10.1. The first-order valence-corrected chi connectivity index (χ1v) is 9.43. The van der Waals surface area contributed by atoms with E-state index in [1.807, 2.05) is 20.8 Å². The number of carbonyl (C=O) groups excluding carboxylic acids is 2. The van der Waals surface area contributed by atoms with Crippen LogP contribution in [0.15, 0.2) is 0 Å². The largest absolute Gasteiger partial charge is 0.463 e. The molecular formula is C17H20Cl2O6. The summed E-state index contributed by atoms with van der Waals surface area (Å²) in [6, 6.07) is 0. The molecule has 0 aromatic rings. The van der Waals surface area contributed by atoms with E-state index in [9.17, 15) is 14.7 Å². The minimum atomic E-state index is -1.43. The van der Waals surface area contributed by atoms with Crippen LogP contribution in [0, 0.1) is 16.2 Å². The Morgan fingerprint density at radius 2 is 1.88 bits per heavy atom. The summed E-state index contributed by atoms with van der Waals surface area (Å²) >= 11 is 13.3. The van der Waals surface area contributed by atoms with Crippen LogP contribution >= 0.6 is 23.2 Å². The fourth-order valence-corrected chi connectivity index (χ4v) is 7.91. The van der Waals surface area contributed by atoms with Crippen molar-refractivity contribution in [3.8, 4) is 0 Å². The van der Waals surface area contributed by atoms with Gasteiger partial charge in [0, 0.05) is 12.8 Å². The van der Waals surface area contributed by atoms with Crippen LogP contribution in [0.2, 0.25) is 0 Å². The van der Waals surface area contributed by atoms with Gasteiger partial charge in [-0.3, -0.25) is 0 Å². The Kier molecular flexibility index (Phi) is 2.74. The average molecular weight is 391 g/mol. The minimum Gasteiger partial charge on any atom is -0.463 e. The standard InChI is InChI=1S/C17H20Cl2O6/c1-13(2,3)16-5-8-17(14(16)6-23-11(21)10(14)20)9(19)7(18)4-15(17,25-16)12(22)24-8/h7-10,20H,4-6H2,1-3H3/t7-,8-,9+,10-,14?,15-,16+,17?/m1/s1. The molecule has 0 radical (unpaired) electrons. The highest BCUT2D eigenvalue weighted by molar-refractivity contribution is 6.32. The van der Waals surface area contributed by atoms with Gasteiger partial charge in [0.25, 0.3) is 0 Å². The molecule has 3 saturated heterocycles. The van der Waals surface area contributed by atoms with Gasteiger partial charge in [0.15, 0.2) is 11.7 Å². The number of esters is 2. The van der Waals surface area contributed by atoms with Gasteiger partial charge in [-0.25, -0.2) is 9.59 Å². The summed E-state index contributed by atoms with van der Waals surface area (Å²) in [6.07, 6.45) is -1.41. The van der Waals surface area contributed by atoms with Crippen molar-refractivity contribution in [2.24, 2.45) is 16.2 Å². The molecule has 1 N–H and O–H groups in total. The van der Waals surface area contributed by atoms with Gasteiger partial charge in [-0.1, -0.05) is 20.8 Å². The lowest BCUT2D eigenvalue weighted by Gasteiger charge is -2.49. The summed E-state index contributed by atoms with van der Waals surface area (Å²) in [5.41, 5.74) is -5.05.